The zero-order chi connectivity index (χ0) is 22.0. The fourth-order valence-corrected chi connectivity index (χ4v) is 3.65. The van der Waals surface area contributed by atoms with E-state index < -0.39 is 0 Å². The minimum absolute atomic E-state index is 0.0297. The van der Waals surface area contributed by atoms with Crippen molar-refractivity contribution in [2.24, 2.45) is 5.92 Å². The summed E-state index contributed by atoms with van der Waals surface area (Å²) in [6, 6.07) is 14.3. The van der Waals surface area contributed by atoms with Crippen molar-refractivity contribution in [1.29, 1.82) is 0 Å². The largest absolute Gasteiger partial charge is 0.342 e. The molecule has 2 N–H and O–H groups in total. The smallest absolute Gasteiger partial charge is 0.229 e. The van der Waals surface area contributed by atoms with E-state index in [0.717, 1.165) is 47.0 Å². The van der Waals surface area contributed by atoms with Gasteiger partial charge in [-0.1, -0.05) is 25.1 Å². The predicted octanol–water partition coefficient (Wildman–Crippen LogP) is 4.14. The van der Waals surface area contributed by atoms with Crippen molar-refractivity contribution < 1.29 is 4.79 Å². The van der Waals surface area contributed by atoms with Gasteiger partial charge in [0.05, 0.1) is 23.5 Å². The van der Waals surface area contributed by atoms with Crippen molar-refractivity contribution in [3.63, 3.8) is 0 Å². The van der Waals surface area contributed by atoms with Gasteiger partial charge in [-0.15, -0.1) is 0 Å². The van der Waals surface area contributed by atoms with Crippen molar-refractivity contribution >= 4 is 22.6 Å². The fraction of sp³-hybridized carbons (Fsp3) is 0.333. The summed E-state index contributed by atoms with van der Waals surface area (Å²) in [5, 5.41) is 7.33. The molecule has 0 fully saturated rings. The summed E-state index contributed by atoms with van der Waals surface area (Å²) >= 11 is 0. The molecule has 2 heterocycles. The molecule has 2 aromatic carbocycles. The fourth-order valence-electron chi connectivity index (χ4n) is 3.65. The second kappa shape index (κ2) is 8.71. The van der Waals surface area contributed by atoms with Crippen LogP contribution in [-0.4, -0.2) is 30.6 Å². The van der Waals surface area contributed by atoms with Crippen LogP contribution in [0.5, 0.6) is 0 Å². The number of anilines is 1. The molecule has 160 valence electrons. The van der Waals surface area contributed by atoms with Crippen LogP contribution < -0.4 is 5.32 Å². The van der Waals surface area contributed by atoms with Crippen molar-refractivity contribution in [3.05, 3.63) is 71.1 Å². The Morgan fingerprint density at radius 2 is 1.84 bits per heavy atom. The number of fused-ring (bicyclic) bond motifs is 1. The van der Waals surface area contributed by atoms with Crippen LogP contribution in [0.15, 0.2) is 42.5 Å². The molecule has 0 aliphatic heterocycles. The Labute approximate surface area is 181 Å². The molecule has 4 rings (SSSR count). The van der Waals surface area contributed by atoms with Gasteiger partial charge in [0.25, 0.3) is 0 Å². The first-order valence-corrected chi connectivity index (χ1v) is 10.6. The highest BCUT2D eigenvalue weighted by atomic mass is 16.1. The summed E-state index contributed by atoms with van der Waals surface area (Å²) in [6.45, 7) is 8.24. The number of benzene rings is 2. The lowest BCUT2D eigenvalue weighted by atomic mass is 10.1. The van der Waals surface area contributed by atoms with Crippen molar-refractivity contribution in [1.82, 2.24) is 24.7 Å². The lowest BCUT2D eigenvalue weighted by Gasteiger charge is -2.13. The maximum Gasteiger partial charge on any atom is 0.229 e. The highest BCUT2D eigenvalue weighted by molar-refractivity contribution is 5.92. The number of rotatable bonds is 7. The molecule has 7 nitrogen and oxygen atoms in total. The number of nitrogens with one attached hydrogen (secondary N) is 2. The SMILES string of the molecule is Cc1ccc2nc(CCc3ccc(NC(=O)[C@H](C)Cn4nc(C)nc4C)cc3)[nH]c2c1. The van der Waals surface area contributed by atoms with E-state index in [-0.39, 0.29) is 11.8 Å². The molecule has 0 saturated carbocycles. The predicted molar refractivity (Wildman–Crippen MR) is 122 cm³/mol. The lowest BCUT2D eigenvalue weighted by Crippen LogP contribution is -2.25. The van der Waals surface area contributed by atoms with Gasteiger partial charge in [0.15, 0.2) is 0 Å². The van der Waals surface area contributed by atoms with Gasteiger partial charge in [0.1, 0.15) is 17.5 Å². The van der Waals surface area contributed by atoms with Crippen LogP contribution in [0.2, 0.25) is 0 Å². The summed E-state index contributed by atoms with van der Waals surface area (Å²) in [5.74, 6) is 2.29. The van der Waals surface area contributed by atoms with Gasteiger partial charge >= 0.3 is 0 Å². The van der Waals surface area contributed by atoms with Gasteiger partial charge in [-0.2, -0.15) is 5.10 Å². The quantitative estimate of drug-likeness (QED) is 0.474. The standard InChI is InChI=1S/C24H28N6O/c1-15-5-11-21-22(13-15)28-23(27-21)12-8-19-6-9-20(10-7-19)26-24(31)16(2)14-30-18(4)25-17(3)29-30/h5-7,9-11,13,16H,8,12,14H2,1-4H3,(H,26,31)(H,27,28)/t16-/m1/s1. The molecule has 0 aliphatic carbocycles. The van der Waals surface area contributed by atoms with E-state index >= 15 is 0 Å². The second-order valence-corrected chi connectivity index (χ2v) is 8.18. The molecule has 0 unspecified atom stereocenters. The molecule has 0 aliphatic rings. The van der Waals surface area contributed by atoms with E-state index in [9.17, 15) is 4.79 Å². The number of aryl methyl sites for hydroxylation is 5. The molecule has 0 spiro atoms. The zero-order valence-electron chi connectivity index (χ0n) is 18.4. The third kappa shape index (κ3) is 4.99. The monoisotopic (exact) mass is 416 g/mol. The van der Waals surface area contributed by atoms with Crippen LogP contribution >= 0.6 is 0 Å². The number of amides is 1. The van der Waals surface area contributed by atoms with Gasteiger partial charge in [-0.05, 0) is 62.6 Å². The zero-order valence-corrected chi connectivity index (χ0v) is 18.4. The number of hydrogen-bond acceptors (Lipinski definition) is 4. The number of carbonyl (C=O) groups is 1. The van der Waals surface area contributed by atoms with Gasteiger partial charge in [-0.3, -0.25) is 4.79 Å². The highest BCUT2D eigenvalue weighted by Crippen LogP contribution is 2.16. The molecule has 1 atom stereocenters. The molecule has 1 amide bonds. The first-order chi connectivity index (χ1) is 14.9. The normalized spacial score (nSPS) is 12.3. The first-order valence-electron chi connectivity index (χ1n) is 10.6. The van der Waals surface area contributed by atoms with Gasteiger partial charge in [0, 0.05) is 12.1 Å². The van der Waals surface area contributed by atoms with Crippen LogP contribution in [0.25, 0.3) is 11.0 Å². The Morgan fingerprint density at radius 1 is 1.06 bits per heavy atom. The second-order valence-electron chi connectivity index (χ2n) is 8.18. The van der Waals surface area contributed by atoms with Crippen LogP contribution in [0.4, 0.5) is 5.69 Å². The third-order valence-corrected chi connectivity index (χ3v) is 5.42. The molecular weight excluding hydrogens is 388 g/mol. The molecule has 0 bridgehead atoms. The summed E-state index contributed by atoms with van der Waals surface area (Å²) in [6.07, 6.45) is 1.72. The van der Waals surface area contributed by atoms with Crippen LogP contribution in [0, 0.1) is 26.7 Å². The van der Waals surface area contributed by atoms with E-state index in [4.69, 9.17) is 0 Å². The van der Waals surface area contributed by atoms with E-state index in [2.05, 4.69) is 62.6 Å². The van der Waals surface area contributed by atoms with Crippen molar-refractivity contribution in [2.75, 3.05) is 5.32 Å². The maximum atomic E-state index is 12.6. The number of imidazole rings is 1. The Hall–Kier alpha value is -3.48. The maximum absolute atomic E-state index is 12.6. The van der Waals surface area contributed by atoms with Crippen LogP contribution in [0.1, 0.15) is 35.5 Å². The Bertz CT molecular complexity index is 1200. The van der Waals surface area contributed by atoms with E-state index in [1.54, 1.807) is 4.68 Å². The molecule has 2 aromatic heterocycles. The minimum atomic E-state index is -0.212. The average molecular weight is 417 g/mol. The van der Waals surface area contributed by atoms with E-state index in [1.807, 2.05) is 32.9 Å². The van der Waals surface area contributed by atoms with Crippen molar-refractivity contribution in [3.8, 4) is 0 Å². The number of carbonyl (C=O) groups excluding carboxylic acids is 1. The number of aromatic nitrogens is 5. The van der Waals surface area contributed by atoms with E-state index in [1.165, 1.54) is 11.1 Å². The van der Waals surface area contributed by atoms with Crippen LogP contribution in [-0.2, 0) is 24.2 Å². The topological polar surface area (TPSA) is 88.5 Å². The summed E-state index contributed by atoms with van der Waals surface area (Å²) in [5.41, 5.74) is 5.31. The number of H-pyrrole nitrogens is 1. The van der Waals surface area contributed by atoms with Crippen LogP contribution in [0.3, 0.4) is 0 Å². The third-order valence-electron chi connectivity index (χ3n) is 5.42. The molecule has 7 heteroatoms. The molecule has 4 aromatic rings. The number of hydrogen-bond donors (Lipinski definition) is 2. The first kappa shape index (κ1) is 20.8. The molecular formula is C24H28N6O. The minimum Gasteiger partial charge on any atom is -0.342 e. The molecule has 31 heavy (non-hydrogen) atoms. The number of nitrogens with zero attached hydrogens (tertiary/aromatic N) is 4. The average Bonchev–Trinajstić information content (AvgIpc) is 3.28. The highest BCUT2D eigenvalue weighted by Gasteiger charge is 2.16. The summed E-state index contributed by atoms with van der Waals surface area (Å²) in [4.78, 5) is 24.9. The Kier molecular flexibility index (Phi) is 5.84. The summed E-state index contributed by atoms with van der Waals surface area (Å²) < 4.78 is 1.78. The lowest BCUT2D eigenvalue weighted by molar-refractivity contribution is -0.119. The van der Waals surface area contributed by atoms with E-state index in [0.29, 0.717) is 6.54 Å². The molecule has 0 radical (unpaired) electrons. The molecule has 0 saturated heterocycles. The summed E-state index contributed by atoms with van der Waals surface area (Å²) in [7, 11) is 0. The Balaban J connectivity index is 1.32. The van der Waals surface area contributed by atoms with Gasteiger partial charge in [0.2, 0.25) is 5.91 Å². The van der Waals surface area contributed by atoms with Gasteiger partial charge < -0.3 is 10.3 Å². The number of aromatic amines is 1. The van der Waals surface area contributed by atoms with Crippen molar-refractivity contribution in [2.45, 2.75) is 47.1 Å². The Morgan fingerprint density at radius 3 is 2.55 bits per heavy atom. The van der Waals surface area contributed by atoms with Gasteiger partial charge in [-0.25, -0.2) is 14.6 Å².